The predicted octanol–water partition coefficient (Wildman–Crippen LogP) is 1.38. The van der Waals surface area contributed by atoms with Crippen LogP contribution in [0.4, 0.5) is 13.2 Å². The van der Waals surface area contributed by atoms with E-state index in [-0.39, 0.29) is 6.54 Å². The molecule has 0 saturated carbocycles. The summed E-state index contributed by atoms with van der Waals surface area (Å²) in [7, 11) is 0. The van der Waals surface area contributed by atoms with Crippen molar-refractivity contribution in [2.75, 3.05) is 26.2 Å². The Labute approximate surface area is 82.2 Å². The molecule has 0 aromatic carbocycles. The monoisotopic (exact) mass is 210 g/mol. The van der Waals surface area contributed by atoms with Crippen LogP contribution >= 0.6 is 0 Å². The topological polar surface area (TPSA) is 24.1 Å². The van der Waals surface area contributed by atoms with Crippen molar-refractivity contribution in [1.29, 1.82) is 0 Å². The third-order valence-electron chi connectivity index (χ3n) is 2.67. The van der Waals surface area contributed by atoms with E-state index in [1.807, 2.05) is 0 Å². The fourth-order valence-corrected chi connectivity index (χ4v) is 1.44. The first-order valence-electron chi connectivity index (χ1n) is 4.97. The van der Waals surface area contributed by atoms with Crippen LogP contribution in [-0.2, 0) is 0 Å². The van der Waals surface area contributed by atoms with Crippen molar-refractivity contribution in [2.45, 2.75) is 19.5 Å². The van der Waals surface area contributed by atoms with Gasteiger partial charge < -0.3 is 10.6 Å². The summed E-state index contributed by atoms with van der Waals surface area (Å²) in [6, 6.07) is 0. The second-order valence-electron chi connectivity index (χ2n) is 3.96. The molecule has 1 unspecified atom stereocenters. The fraction of sp³-hybridized carbons (Fsp3) is 1.00. The van der Waals surface area contributed by atoms with Crippen molar-refractivity contribution in [1.82, 2.24) is 10.6 Å². The van der Waals surface area contributed by atoms with E-state index in [0.29, 0.717) is 18.4 Å². The molecule has 1 atom stereocenters. The highest BCUT2D eigenvalue weighted by Crippen LogP contribution is 2.18. The molecule has 2 nitrogen and oxygen atoms in total. The van der Waals surface area contributed by atoms with E-state index in [9.17, 15) is 13.2 Å². The lowest BCUT2D eigenvalue weighted by molar-refractivity contribution is -0.133. The Hall–Kier alpha value is -0.290. The van der Waals surface area contributed by atoms with E-state index < -0.39 is 12.6 Å². The van der Waals surface area contributed by atoms with Gasteiger partial charge in [0.05, 0.1) is 6.42 Å². The number of hydrogen-bond acceptors (Lipinski definition) is 2. The molecule has 84 valence electrons. The van der Waals surface area contributed by atoms with Gasteiger partial charge in [0.1, 0.15) is 0 Å². The average molecular weight is 210 g/mol. The second-order valence-corrected chi connectivity index (χ2v) is 3.96. The number of alkyl halides is 3. The normalized spacial score (nSPS) is 20.6. The van der Waals surface area contributed by atoms with Crippen molar-refractivity contribution >= 4 is 0 Å². The number of nitrogens with one attached hydrogen (secondary N) is 2. The van der Waals surface area contributed by atoms with Crippen LogP contribution in [0.15, 0.2) is 0 Å². The Kier molecular flexibility index (Phi) is 4.19. The van der Waals surface area contributed by atoms with Crippen molar-refractivity contribution in [2.24, 2.45) is 11.8 Å². The maximum absolute atomic E-state index is 11.8. The van der Waals surface area contributed by atoms with Crippen molar-refractivity contribution in [3.8, 4) is 0 Å². The largest absolute Gasteiger partial charge is 0.390 e. The Morgan fingerprint density at radius 1 is 1.43 bits per heavy atom. The summed E-state index contributed by atoms with van der Waals surface area (Å²) in [6.45, 7) is 4.80. The molecule has 0 aromatic rings. The summed E-state index contributed by atoms with van der Waals surface area (Å²) in [5.74, 6) is 1.10. The molecule has 1 rings (SSSR count). The molecule has 14 heavy (non-hydrogen) atoms. The van der Waals surface area contributed by atoms with Crippen LogP contribution in [-0.4, -0.2) is 32.4 Å². The van der Waals surface area contributed by atoms with Gasteiger partial charge in [-0.05, 0) is 31.5 Å². The molecule has 5 heteroatoms. The first-order chi connectivity index (χ1) is 6.49. The van der Waals surface area contributed by atoms with E-state index in [1.165, 1.54) is 0 Å². The van der Waals surface area contributed by atoms with Gasteiger partial charge in [0.15, 0.2) is 0 Å². The number of hydrogen-bond donors (Lipinski definition) is 2. The second kappa shape index (κ2) is 4.98. The van der Waals surface area contributed by atoms with Crippen LogP contribution in [0.25, 0.3) is 0 Å². The standard InChI is InChI=1S/C9H17F3N2/c1-7(8-5-14-6-8)4-13-3-2-9(10,11)12/h7-8,13-14H,2-6H2,1H3. The lowest BCUT2D eigenvalue weighted by atomic mass is 9.89. The molecule has 0 amide bonds. The molecular formula is C9H17F3N2. The highest BCUT2D eigenvalue weighted by molar-refractivity contribution is 4.80. The Bertz CT molecular complexity index is 166. The Morgan fingerprint density at radius 2 is 2.07 bits per heavy atom. The molecule has 1 fully saturated rings. The maximum Gasteiger partial charge on any atom is 0.390 e. The van der Waals surface area contributed by atoms with E-state index in [0.717, 1.165) is 13.1 Å². The summed E-state index contributed by atoms with van der Waals surface area (Å²) in [5, 5.41) is 5.99. The molecule has 1 saturated heterocycles. The minimum absolute atomic E-state index is 0.0357. The lowest BCUT2D eigenvalue weighted by Crippen LogP contribution is -2.47. The molecule has 1 aliphatic rings. The molecule has 0 radical (unpaired) electrons. The quantitative estimate of drug-likeness (QED) is 0.670. The number of rotatable bonds is 5. The summed E-state index contributed by atoms with van der Waals surface area (Å²) in [4.78, 5) is 0. The van der Waals surface area contributed by atoms with Gasteiger partial charge >= 0.3 is 6.18 Å². The molecule has 2 N–H and O–H groups in total. The Morgan fingerprint density at radius 3 is 2.50 bits per heavy atom. The minimum atomic E-state index is -4.03. The van der Waals surface area contributed by atoms with E-state index >= 15 is 0 Å². The third-order valence-corrected chi connectivity index (χ3v) is 2.67. The van der Waals surface area contributed by atoms with E-state index in [2.05, 4.69) is 17.6 Å². The van der Waals surface area contributed by atoms with Crippen molar-refractivity contribution in [3.05, 3.63) is 0 Å². The van der Waals surface area contributed by atoms with Gasteiger partial charge in [-0.3, -0.25) is 0 Å². The SMILES string of the molecule is CC(CNCCC(F)(F)F)C1CNC1. The third kappa shape index (κ3) is 4.28. The number of halogens is 3. The zero-order valence-corrected chi connectivity index (χ0v) is 8.32. The van der Waals surface area contributed by atoms with Gasteiger partial charge in [-0.1, -0.05) is 6.92 Å². The molecular weight excluding hydrogens is 193 g/mol. The van der Waals surface area contributed by atoms with Gasteiger partial charge in [0, 0.05) is 6.54 Å². The van der Waals surface area contributed by atoms with Gasteiger partial charge in [0.25, 0.3) is 0 Å². The highest BCUT2D eigenvalue weighted by atomic mass is 19.4. The first kappa shape index (κ1) is 11.8. The average Bonchev–Trinajstić information content (AvgIpc) is 1.92. The lowest BCUT2D eigenvalue weighted by Gasteiger charge is -2.32. The van der Waals surface area contributed by atoms with Crippen LogP contribution in [0, 0.1) is 11.8 Å². The predicted molar refractivity (Wildman–Crippen MR) is 49.1 cm³/mol. The smallest absolute Gasteiger partial charge is 0.316 e. The summed E-state index contributed by atoms with van der Waals surface area (Å²) in [6.07, 6.45) is -4.77. The van der Waals surface area contributed by atoms with E-state index in [1.54, 1.807) is 0 Å². The Balaban J connectivity index is 1.97. The van der Waals surface area contributed by atoms with Crippen LogP contribution < -0.4 is 10.6 Å². The van der Waals surface area contributed by atoms with Crippen LogP contribution in [0.5, 0.6) is 0 Å². The highest BCUT2D eigenvalue weighted by Gasteiger charge is 2.27. The minimum Gasteiger partial charge on any atom is -0.316 e. The molecule has 0 spiro atoms. The fourth-order valence-electron chi connectivity index (χ4n) is 1.44. The van der Waals surface area contributed by atoms with Crippen molar-refractivity contribution < 1.29 is 13.2 Å². The van der Waals surface area contributed by atoms with Gasteiger partial charge in [-0.2, -0.15) is 13.2 Å². The summed E-state index contributed by atoms with van der Waals surface area (Å²) in [5.41, 5.74) is 0. The maximum atomic E-state index is 11.8. The van der Waals surface area contributed by atoms with Gasteiger partial charge in [0.2, 0.25) is 0 Å². The van der Waals surface area contributed by atoms with Gasteiger partial charge in [-0.25, -0.2) is 0 Å². The summed E-state index contributed by atoms with van der Waals surface area (Å²) >= 11 is 0. The molecule has 1 heterocycles. The van der Waals surface area contributed by atoms with Crippen molar-refractivity contribution in [3.63, 3.8) is 0 Å². The molecule has 0 aliphatic carbocycles. The first-order valence-corrected chi connectivity index (χ1v) is 4.97. The molecule has 0 bridgehead atoms. The van der Waals surface area contributed by atoms with Gasteiger partial charge in [-0.15, -0.1) is 0 Å². The van der Waals surface area contributed by atoms with E-state index in [4.69, 9.17) is 0 Å². The van der Waals surface area contributed by atoms with Crippen LogP contribution in [0.2, 0.25) is 0 Å². The van der Waals surface area contributed by atoms with Crippen LogP contribution in [0.1, 0.15) is 13.3 Å². The summed E-state index contributed by atoms with van der Waals surface area (Å²) < 4.78 is 35.3. The zero-order chi connectivity index (χ0) is 10.6. The van der Waals surface area contributed by atoms with Crippen LogP contribution in [0.3, 0.4) is 0 Å². The zero-order valence-electron chi connectivity index (χ0n) is 8.32. The molecule has 0 aromatic heterocycles. The molecule has 1 aliphatic heterocycles.